The summed E-state index contributed by atoms with van der Waals surface area (Å²) < 4.78 is 13.3. The van der Waals surface area contributed by atoms with E-state index >= 15 is 0 Å². The molecule has 0 bridgehead atoms. The lowest BCUT2D eigenvalue weighted by atomic mass is 10.2. The minimum Gasteiger partial charge on any atom is -0.326 e. The number of benzene rings is 1. The van der Waals surface area contributed by atoms with Gasteiger partial charge in [-0.15, -0.1) is 5.10 Å². The Hall–Kier alpha value is -2.31. The highest BCUT2D eigenvalue weighted by Crippen LogP contribution is 2.20. The van der Waals surface area contributed by atoms with Crippen LogP contribution in [0.1, 0.15) is 13.3 Å². The van der Waals surface area contributed by atoms with E-state index in [9.17, 15) is 9.18 Å². The quantitative estimate of drug-likeness (QED) is 0.841. The molecule has 17 heavy (non-hydrogen) atoms. The van der Waals surface area contributed by atoms with Crippen molar-refractivity contribution in [2.45, 2.75) is 13.3 Å². The van der Waals surface area contributed by atoms with Crippen LogP contribution in [-0.2, 0) is 4.79 Å². The van der Waals surface area contributed by atoms with Crippen molar-refractivity contribution in [3.8, 4) is 11.4 Å². The number of H-pyrrole nitrogens is 1. The van der Waals surface area contributed by atoms with Crippen molar-refractivity contribution in [3.63, 3.8) is 0 Å². The topological polar surface area (TPSA) is 83.6 Å². The Kier molecular flexibility index (Phi) is 3.08. The van der Waals surface area contributed by atoms with Gasteiger partial charge < -0.3 is 5.32 Å². The highest BCUT2D eigenvalue weighted by Gasteiger charge is 2.07. The Morgan fingerprint density at radius 3 is 2.94 bits per heavy atom. The molecule has 0 aliphatic rings. The molecule has 0 saturated heterocycles. The second kappa shape index (κ2) is 4.69. The number of carbonyl (C=O) groups is 1. The van der Waals surface area contributed by atoms with Gasteiger partial charge in [0.25, 0.3) is 0 Å². The van der Waals surface area contributed by atoms with E-state index in [4.69, 9.17) is 0 Å². The van der Waals surface area contributed by atoms with Crippen molar-refractivity contribution >= 4 is 11.6 Å². The van der Waals surface area contributed by atoms with E-state index in [-0.39, 0.29) is 5.91 Å². The van der Waals surface area contributed by atoms with Gasteiger partial charge >= 0.3 is 0 Å². The molecule has 0 unspecified atom stereocenters. The maximum atomic E-state index is 13.3. The van der Waals surface area contributed by atoms with Crippen LogP contribution >= 0.6 is 0 Å². The number of tetrazole rings is 1. The summed E-state index contributed by atoms with van der Waals surface area (Å²) in [6.07, 6.45) is 0.329. The molecule has 7 heteroatoms. The summed E-state index contributed by atoms with van der Waals surface area (Å²) in [7, 11) is 0. The maximum absolute atomic E-state index is 13.3. The third-order valence-electron chi connectivity index (χ3n) is 2.12. The largest absolute Gasteiger partial charge is 0.326 e. The summed E-state index contributed by atoms with van der Waals surface area (Å²) in [4.78, 5) is 11.2. The van der Waals surface area contributed by atoms with Crippen LogP contribution in [-0.4, -0.2) is 26.5 Å². The average Bonchev–Trinajstić information content (AvgIpc) is 2.81. The molecule has 0 fully saturated rings. The van der Waals surface area contributed by atoms with Gasteiger partial charge in [0, 0.05) is 17.7 Å². The van der Waals surface area contributed by atoms with Crippen LogP contribution < -0.4 is 5.32 Å². The van der Waals surface area contributed by atoms with E-state index in [0.717, 1.165) is 0 Å². The molecule has 1 heterocycles. The maximum Gasteiger partial charge on any atom is 0.224 e. The lowest BCUT2D eigenvalue weighted by Crippen LogP contribution is -2.09. The van der Waals surface area contributed by atoms with Crippen molar-refractivity contribution in [2.75, 3.05) is 5.32 Å². The molecule has 0 atom stereocenters. The summed E-state index contributed by atoms with van der Waals surface area (Å²) in [5, 5.41) is 15.6. The molecular weight excluding hydrogens is 225 g/mol. The molecule has 88 valence electrons. The average molecular weight is 235 g/mol. The fourth-order valence-corrected chi connectivity index (χ4v) is 1.33. The molecule has 1 amide bonds. The molecule has 0 aliphatic heterocycles. The number of rotatable bonds is 3. The van der Waals surface area contributed by atoms with Gasteiger partial charge in [-0.3, -0.25) is 4.79 Å². The number of nitrogens with zero attached hydrogens (tertiary/aromatic N) is 3. The van der Waals surface area contributed by atoms with Crippen LogP contribution in [0.5, 0.6) is 0 Å². The monoisotopic (exact) mass is 235 g/mol. The van der Waals surface area contributed by atoms with E-state index < -0.39 is 5.82 Å². The van der Waals surface area contributed by atoms with E-state index in [2.05, 4.69) is 25.9 Å². The van der Waals surface area contributed by atoms with Crippen LogP contribution in [0.2, 0.25) is 0 Å². The summed E-state index contributed by atoms with van der Waals surface area (Å²) in [6, 6.07) is 4.11. The van der Waals surface area contributed by atoms with E-state index in [0.29, 0.717) is 23.5 Å². The van der Waals surface area contributed by atoms with E-state index in [1.165, 1.54) is 12.1 Å². The molecule has 2 N–H and O–H groups in total. The lowest BCUT2D eigenvalue weighted by Gasteiger charge is -2.05. The van der Waals surface area contributed by atoms with Gasteiger partial charge in [-0.2, -0.15) is 0 Å². The first kappa shape index (κ1) is 11.2. The van der Waals surface area contributed by atoms with Crippen LogP contribution in [0.3, 0.4) is 0 Å². The zero-order valence-electron chi connectivity index (χ0n) is 9.07. The zero-order chi connectivity index (χ0) is 12.3. The standard InChI is InChI=1S/C10H10FN5O/c1-2-9(17)12-8-4-6(3-7(11)5-8)10-13-15-16-14-10/h3-5H,2H2,1H3,(H,12,17)(H,13,14,15,16). The molecule has 0 radical (unpaired) electrons. The first-order valence-corrected chi connectivity index (χ1v) is 5.03. The van der Waals surface area contributed by atoms with Crippen LogP contribution in [0.25, 0.3) is 11.4 Å². The summed E-state index contributed by atoms with van der Waals surface area (Å²) >= 11 is 0. The highest BCUT2D eigenvalue weighted by molar-refractivity contribution is 5.91. The highest BCUT2D eigenvalue weighted by atomic mass is 19.1. The number of anilines is 1. The van der Waals surface area contributed by atoms with Crippen molar-refractivity contribution in [2.24, 2.45) is 0 Å². The van der Waals surface area contributed by atoms with Gasteiger partial charge in [-0.1, -0.05) is 6.92 Å². The molecular formula is C10H10FN5O. The normalized spacial score (nSPS) is 10.2. The molecule has 0 saturated carbocycles. The second-order valence-electron chi connectivity index (χ2n) is 3.38. The van der Waals surface area contributed by atoms with Crippen molar-refractivity contribution < 1.29 is 9.18 Å². The van der Waals surface area contributed by atoms with Crippen molar-refractivity contribution in [3.05, 3.63) is 24.0 Å². The minimum absolute atomic E-state index is 0.183. The van der Waals surface area contributed by atoms with E-state index in [1.807, 2.05) is 0 Å². The van der Waals surface area contributed by atoms with Gasteiger partial charge in [0.1, 0.15) is 5.82 Å². The predicted molar refractivity (Wildman–Crippen MR) is 58.5 cm³/mol. The fraction of sp³-hybridized carbons (Fsp3) is 0.200. The predicted octanol–water partition coefficient (Wildman–Crippen LogP) is 1.35. The molecule has 2 rings (SSSR count). The number of aromatic amines is 1. The van der Waals surface area contributed by atoms with Crippen LogP contribution in [0.15, 0.2) is 18.2 Å². The van der Waals surface area contributed by atoms with Crippen LogP contribution in [0, 0.1) is 5.82 Å². The number of nitrogens with one attached hydrogen (secondary N) is 2. The number of aromatic nitrogens is 4. The fourth-order valence-electron chi connectivity index (χ4n) is 1.33. The molecule has 0 aliphatic carbocycles. The smallest absolute Gasteiger partial charge is 0.224 e. The Balaban J connectivity index is 2.33. The third-order valence-corrected chi connectivity index (χ3v) is 2.12. The first-order valence-electron chi connectivity index (χ1n) is 5.03. The van der Waals surface area contributed by atoms with Gasteiger partial charge in [0.15, 0.2) is 5.82 Å². The molecule has 6 nitrogen and oxygen atoms in total. The Bertz CT molecular complexity index is 525. The lowest BCUT2D eigenvalue weighted by molar-refractivity contribution is -0.115. The van der Waals surface area contributed by atoms with Gasteiger partial charge in [-0.05, 0) is 28.6 Å². The third kappa shape index (κ3) is 2.63. The van der Waals surface area contributed by atoms with Crippen molar-refractivity contribution in [1.82, 2.24) is 20.6 Å². The zero-order valence-corrected chi connectivity index (χ0v) is 9.07. The van der Waals surface area contributed by atoms with Crippen molar-refractivity contribution in [1.29, 1.82) is 0 Å². The molecule has 1 aromatic heterocycles. The Morgan fingerprint density at radius 1 is 1.47 bits per heavy atom. The number of amides is 1. The molecule has 2 aromatic rings. The number of halogens is 1. The van der Waals surface area contributed by atoms with Crippen LogP contribution in [0.4, 0.5) is 10.1 Å². The second-order valence-corrected chi connectivity index (χ2v) is 3.38. The first-order chi connectivity index (χ1) is 8.19. The summed E-state index contributed by atoms with van der Waals surface area (Å²) in [6.45, 7) is 1.72. The number of hydrogen-bond acceptors (Lipinski definition) is 4. The molecule has 0 spiro atoms. The van der Waals surface area contributed by atoms with Gasteiger partial charge in [0.2, 0.25) is 5.91 Å². The van der Waals surface area contributed by atoms with Gasteiger partial charge in [0.05, 0.1) is 0 Å². The Morgan fingerprint density at radius 2 is 2.29 bits per heavy atom. The number of hydrogen-bond donors (Lipinski definition) is 2. The SMILES string of the molecule is CCC(=O)Nc1cc(F)cc(-c2nnn[nH]2)c1. The van der Waals surface area contributed by atoms with E-state index in [1.54, 1.807) is 13.0 Å². The minimum atomic E-state index is -0.467. The summed E-state index contributed by atoms with van der Waals surface area (Å²) in [5.41, 5.74) is 0.852. The molecule has 1 aromatic carbocycles. The van der Waals surface area contributed by atoms with Gasteiger partial charge in [-0.25, -0.2) is 9.49 Å². The number of carbonyl (C=O) groups excluding carboxylic acids is 1. The summed E-state index contributed by atoms with van der Waals surface area (Å²) in [5.74, 6) is -0.306. The Labute approximate surface area is 96.2 Å².